The number of nitrogens with one attached hydrogen (secondary N) is 1. The van der Waals surface area contributed by atoms with Crippen LogP contribution in [0.15, 0.2) is 30.5 Å². The largest absolute Gasteiger partial charge is 0.365 e. The molecular weight excluding hydrogens is 217 g/mol. The first-order chi connectivity index (χ1) is 8.19. The second-order valence-corrected chi connectivity index (χ2v) is 3.98. The van der Waals surface area contributed by atoms with Crippen LogP contribution in [-0.2, 0) is 13.1 Å². The van der Waals surface area contributed by atoms with Crippen molar-refractivity contribution < 1.29 is 4.39 Å². The molecule has 0 unspecified atom stereocenters. The highest BCUT2D eigenvalue weighted by Crippen LogP contribution is 2.12. The summed E-state index contributed by atoms with van der Waals surface area (Å²) in [4.78, 5) is 0. The van der Waals surface area contributed by atoms with E-state index in [1.807, 2.05) is 30.8 Å². The molecule has 0 fully saturated rings. The molecule has 4 heteroatoms. The lowest BCUT2D eigenvalue weighted by atomic mass is 10.1. The zero-order chi connectivity index (χ0) is 12.3. The minimum absolute atomic E-state index is 0.202. The van der Waals surface area contributed by atoms with E-state index < -0.39 is 0 Å². The molecule has 0 aliphatic rings. The standard InChI is InChI=1S/C13H16FN3/c1-3-17-7-6-13(16-17)15-9-11-8-12(14)5-4-10(11)2/h4-8H,3,9H2,1-2H3,(H,15,16). The molecule has 0 bridgehead atoms. The van der Waals surface area contributed by atoms with Crippen molar-refractivity contribution in [3.63, 3.8) is 0 Å². The monoisotopic (exact) mass is 233 g/mol. The molecule has 1 aromatic heterocycles. The van der Waals surface area contributed by atoms with Crippen molar-refractivity contribution in [2.75, 3.05) is 5.32 Å². The molecule has 0 amide bonds. The minimum atomic E-state index is -0.202. The van der Waals surface area contributed by atoms with Crippen molar-refractivity contribution in [2.45, 2.75) is 26.9 Å². The normalized spacial score (nSPS) is 10.5. The van der Waals surface area contributed by atoms with Gasteiger partial charge in [0.15, 0.2) is 0 Å². The summed E-state index contributed by atoms with van der Waals surface area (Å²) in [5.74, 6) is 0.613. The summed E-state index contributed by atoms with van der Waals surface area (Å²) in [5.41, 5.74) is 2.03. The molecule has 0 aliphatic heterocycles. The van der Waals surface area contributed by atoms with Gasteiger partial charge in [0.25, 0.3) is 0 Å². The molecule has 0 saturated carbocycles. The fourth-order valence-corrected chi connectivity index (χ4v) is 1.65. The molecule has 0 saturated heterocycles. The topological polar surface area (TPSA) is 29.9 Å². The fraction of sp³-hybridized carbons (Fsp3) is 0.308. The number of aromatic nitrogens is 2. The average molecular weight is 233 g/mol. The van der Waals surface area contributed by atoms with Crippen LogP contribution in [0, 0.1) is 12.7 Å². The molecule has 0 spiro atoms. The molecule has 0 aliphatic carbocycles. The van der Waals surface area contributed by atoms with Crippen molar-refractivity contribution in [1.82, 2.24) is 9.78 Å². The first-order valence-corrected chi connectivity index (χ1v) is 5.71. The van der Waals surface area contributed by atoms with E-state index in [-0.39, 0.29) is 5.82 Å². The quantitative estimate of drug-likeness (QED) is 0.879. The zero-order valence-corrected chi connectivity index (χ0v) is 10.1. The third-order valence-corrected chi connectivity index (χ3v) is 2.74. The molecule has 90 valence electrons. The Hall–Kier alpha value is -1.84. The Bertz CT molecular complexity index is 505. The molecule has 0 atom stereocenters. The number of anilines is 1. The lowest BCUT2D eigenvalue weighted by Gasteiger charge is -2.07. The minimum Gasteiger partial charge on any atom is -0.365 e. The second-order valence-electron chi connectivity index (χ2n) is 3.98. The Balaban J connectivity index is 2.04. The third kappa shape index (κ3) is 2.84. The van der Waals surface area contributed by atoms with E-state index >= 15 is 0 Å². The van der Waals surface area contributed by atoms with Gasteiger partial charge in [-0.3, -0.25) is 4.68 Å². The van der Waals surface area contributed by atoms with Gasteiger partial charge in [-0.1, -0.05) is 6.07 Å². The van der Waals surface area contributed by atoms with Gasteiger partial charge in [0.05, 0.1) is 0 Å². The summed E-state index contributed by atoms with van der Waals surface area (Å²) in [6.45, 7) is 5.44. The van der Waals surface area contributed by atoms with Crippen molar-refractivity contribution in [3.8, 4) is 0 Å². The van der Waals surface area contributed by atoms with Gasteiger partial charge < -0.3 is 5.32 Å². The molecule has 1 heterocycles. The molecule has 2 aromatic rings. The third-order valence-electron chi connectivity index (χ3n) is 2.74. The van der Waals surface area contributed by atoms with Crippen molar-refractivity contribution in [3.05, 3.63) is 47.4 Å². The van der Waals surface area contributed by atoms with E-state index in [4.69, 9.17) is 0 Å². The highest BCUT2D eigenvalue weighted by molar-refractivity contribution is 5.36. The van der Waals surface area contributed by atoms with Crippen LogP contribution in [0.3, 0.4) is 0 Å². The number of hydrogen-bond acceptors (Lipinski definition) is 2. The SMILES string of the molecule is CCn1ccc(NCc2cc(F)ccc2C)n1. The first kappa shape index (κ1) is 11.6. The Kier molecular flexibility index (Phi) is 3.42. The smallest absolute Gasteiger partial charge is 0.148 e. The van der Waals surface area contributed by atoms with Crippen molar-refractivity contribution in [1.29, 1.82) is 0 Å². The van der Waals surface area contributed by atoms with Crippen LogP contribution >= 0.6 is 0 Å². The Morgan fingerprint density at radius 1 is 1.35 bits per heavy atom. The van der Waals surface area contributed by atoms with Gasteiger partial charge in [0.1, 0.15) is 11.6 Å². The van der Waals surface area contributed by atoms with Crippen LogP contribution in [0.25, 0.3) is 0 Å². The van der Waals surface area contributed by atoms with Crippen LogP contribution < -0.4 is 5.32 Å². The van der Waals surface area contributed by atoms with E-state index in [0.29, 0.717) is 6.54 Å². The lowest BCUT2D eigenvalue weighted by Crippen LogP contribution is -2.03. The molecule has 2 rings (SSSR count). The maximum atomic E-state index is 13.1. The summed E-state index contributed by atoms with van der Waals surface area (Å²) in [7, 11) is 0. The van der Waals surface area contributed by atoms with Gasteiger partial charge in [-0.05, 0) is 37.1 Å². The summed E-state index contributed by atoms with van der Waals surface area (Å²) in [6.07, 6.45) is 1.92. The zero-order valence-electron chi connectivity index (χ0n) is 10.1. The number of rotatable bonds is 4. The van der Waals surface area contributed by atoms with Crippen molar-refractivity contribution >= 4 is 5.82 Å². The number of aryl methyl sites for hydroxylation is 2. The van der Waals surface area contributed by atoms with E-state index in [0.717, 1.165) is 23.5 Å². The number of benzene rings is 1. The Morgan fingerprint density at radius 2 is 2.18 bits per heavy atom. The van der Waals surface area contributed by atoms with Crippen LogP contribution in [0.1, 0.15) is 18.1 Å². The average Bonchev–Trinajstić information content (AvgIpc) is 2.78. The molecule has 0 radical (unpaired) electrons. The molecule has 1 aromatic carbocycles. The predicted molar refractivity (Wildman–Crippen MR) is 66.4 cm³/mol. The number of hydrogen-bond donors (Lipinski definition) is 1. The Morgan fingerprint density at radius 3 is 2.88 bits per heavy atom. The highest BCUT2D eigenvalue weighted by atomic mass is 19.1. The van der Waals surface area contributed by atoms with E-state index in [1.54, 1.807) is 12.1 Å². The van der Waals surface area contributed by atoms with Gasteiger partial charge in [0, 0.05) is 25.4 Å². The van der Waals surface area contributed by atoms with E-state index in [2.05, 4.69) is 10.4 Å². The van der Waals surface area contributed by atoms with Gasteiger partial charge in [0.2, 0.25) is 0 Å². The maximum absolute atomic E-state index is 13.1. The molecular formula is C13H16FN3. The summed E-state index contributed by atoms with van der Waals surface area (Å²) >= 11 is 0. The first-order valence-electron chi connectivity index (χ1n) is 5.71. The lowest BCUT2D eigenvalue weighted by molar-refractivity contribution is 0.625. The summed E-state index contributed by atoms with van der Waals surface area (Å²) in [6, 6.07) is 6.74. The molecule has 1 N–H and O–H groups in total. The number of halogens is 1. The van der Waals surface area contributed by atoms with E-state index in [1.165, 1.54) is 6.07 Å². The van der Waals surface area contributed by atoms with Crippen LogP contribution in [0.2, 0.25) is 0 Å². The van der Waals surface area contributed by atoms with Crippen LogP contribution in [-0.4, -0.2) is 9.78 Å². The van der Waals surface area contributed by atoms with E-state index in [9.17, 15) is 4.39 Å². The van der Waals surface area contributed by atoms with Gasteiger partial charge in [-0.15, -0.1) is 0 Å². The van der Waals surface area contributed by atoms with Gasteiger partial charge >= 0.3 is 0 Å². The van der Waals surface area contributed by atoms with Gasteiger partial charge in [-0.2, -0.15) is 5.10 Å². The number of nitrogens with zero attached hydrogens (tertiary/aromatic N) is 2. The predicted octanol–water partition coefficient (Wildman–Crippen LogP) is 2.96. The highest BCUT2D eigenvalue weighted by Gasteiger charge is 2.02. The maximum Gasteiger partial charge on any atom is 0.148 e. The van der Waals surface area contributed by atoms with Gasteiger partial charge in [-0.25, -0.2) is 4.39 Å². The van der Waals surface area contributed by atoms with Crippen molar-refractivity contribution in [2.24, 2.45) is 0 Å². The molecule has 17 heavy (non-hydrogen) atoms. The van der Waals surface area contributed by atoms with Crippen LogP contribution in [0.5, 0.6) is 0 Å². The molecule has 3 nitrogen and oxygen atoms in total. The summed E-state index contributed by atoms with van der Waals surface area (Å²) in [5, 5.41) is 7.49. The Labute approximate surface area is 100 Å². The van der Waals surface area contributed by atoms with Crippen LogP contribution in [0.4, 0.5) is 10.2 Å². The second kappa shape index (κ2) is 4.99. The fourth-order valence-electron chi connectivity index (χ4n) is 1.65. The summed E-state index contributed by atoms with van der Waals surface area (Å²) < 4.78 is 14.9.